The highest BCUT2D eigenvalue weighted by molar-refractivity contribution is 9.10. The number of rotatable bonds is 5. The third-order valence-electron chi connectivity index (χ3n) is 5.97. The Kier molecular flexibility index (Phi) is 8.13. The number of carbonyl (C=O) groups is 1. The quantitative estimate of drug-likeness (QED) is 0.318. The molecule has 2 aliphatic rings. The summed E-state index contributed by atoms with van der Waals surface area (Å²) in [6.07, 6.45) is -3.18. The average Bonchev–Trinajstić information content (AvgIpc) is 2.75. The van der Waals surface area contributed by atoms with E-state index in [1.807, 2.05) is 0 Å². The van der Waals surface area contributed by atoms with Crippen molar-refractivity contribution >= 4 is 22.0 Å². The molecule has 0 N–H and O–H groups in total. The molecule has 11 heteroatoms. The smallest absolute Gasteiger partial charge is 0.425 e. The number of alkyl halides is 3. The Morgan fingerprint density at radius 1 is 1.12 bits per heavy atom. The van der Waals surface area contributed by atoms with Gasteiger partial charge in [0, 0.05) is 42.0 Å². The molecule has 1 saturated heterocycles. The monoisotopic (exact) mass is 524 g/mol. The van der Waals surface area contributed by atoms with Gasteiger partial charge in [0.2, 0.25) is 5.69 Å². The lowest BCUT2D eigenvalue weighted by Crippen LogP contribution is -2.44. The lowest BCUT2D eigenvalue weighted by molar-refractivity contribution is -0.624. The van der Waals surface area contributed by atoms with Crippen LogP contribution in [0, 0.1) is 12.1 Å². The lowest BCUT2D eigenvalue weighted by Gasteiger charge is -2.36. The van der Waals surface area contributed by atoms with Crippen molar-refractivity contribution in [2.75, 3.05) is 13.1 Å². The van der Waals surface area contributed by atoms with E-state index in [0.29, 0.717) is 42.0 Å². The minimum Gasteiger partial charge on any atom is -0.618 e. The molecule has 0 unspecified atom stereocenters. The summed E-state index contributed by atoms with van der Waals surface area (Å²) in [4.78, 5) is 13.2. The predicted octanol–water partition coefficient (Wildman–Crippen LogP) is 4.65. The molecular weight excluding hydrogens is 497 g/mol. The van der Waals surface area contributed by atoms with Crippen LogP contribution in [0.3, 0.4) is 0 Å². The van der Waals surface area contributed by atoms with Crippen LogP contribution in [0.25, 0.3) is 0 Å². The normalized spacial score (nSPS) is 23.6. The first-order valence-corrected chi connectivity index (χ1v) is 11.6. The van der Waals surface area contributed by atoms with Gasteiger partial charge in [0.25, 0.3) is 4.60 Å². The molecule has 3 rings (SSSR count). The topological polar surface area (TPSA) is 74.9 Å². The van der Waals surface area contributed by atoms with Crippen molar-refractivity contribution in [2.45, 2.75) is 83.0 Å². The number of nitrogens with zero attached hydrogens (tertiary/aromatic N) is 2. The van der Waals surface area contributed by atoms with Crippen molar-refractivity contribution in [2.24, 2.45) is 0 Å². The Bertz CT molecular complexity index is 794. The number of carbonyl (C=O) groups excluding carboxylic acids is 1. The van der Waals surface area contributed by atoms with E-state index in [1.54, 1.807) is 19.1 Å². The van der Waals surface area contributed by atoms with Crippen molar-refractivity contribution in [3.05, 3.63) is 27.6 Å². The fourth-order valence-corrected chi connectivity index (χ4v) is 4.32. The summed E-state index contributed by atoms with van der Waals surface area (Å²) in [5.41, 5.74) is 0.507. The maximum atomic E-state index is 12.6. The van der Waals surface area contributed by atoms with E-state index in [1.165, 1.54) is 4.90 Å². The third kappa shape index (κ3) is 6.40. The Hall–Kier alpha value is -1.75. The molecule has 0 spiro atoms. The number of hydrogen-bond acceptors (Lipinski definition) is 5. The van der Waals surface area contributed by atoms with E-state index in [-0.39, 0.29) is 18.3 Å². The van der Waals surface area contributed by atoms with Gasteiger partial charge in [0.1, 0.15) is 0 Å². The summed E-state index contributed by atoms with van der Waals surface area (Å²) in [5.74, 6) is 0.576. The molecular formula is C21H28BrF3N2O5. The Morgan fingerprint density at radius 2 is 1.69 bits per heavy atom. The molecule has 1 amide bonds. The molecule has 1 aromatic heterocycles. The second kappa shape index (κ2) is 10.5. The summed E-state index contributed by atoms with van der Waals surface area (Å²) in [6, 6.07) is 3.45. The maximum Gasteiger partial charge on any atom is 0.425 e. The highest BCUT2D eigenvalue weighted by Crippen LogP contribution is 2.29. The van der Waals surface area contributed by atoms with Gasteiger partial charge in [-0.05, 0) is 51.5 Å². The van der Waals surface area contributed by atoms with Gasteiger partial charge in [-0.25, -0.2) is 4.79 Å². The molecule has 1 aliphatic heterocycles. The van der Waals surface area contributed by atoms with Crippen LogP contribution < -0.4 is 9.47 Å². The number of ether oxygens (including phenoxy) is 3. The molecule has 2 fully saturated rings. The Balaban J connectivity index is 1.38. The van der Waals surface area contributed by atoms with Crippen LogP contribution in [-0.2, 0) is 9.47 Å². The molecule has 180 valence electrons. The highest BCUT2D eigenvalue weighted by atomic mass is 79.9. The average molecular weight is 525 g/mol. The van der Waals surface area contributed by atoms with E-state index in [2.05, 4.69) is 20.7 Å². The van der Waals surface area contributed by atoms with Crippen molar-refractivity contribution in [1.82, 2.24) is 4.90 Å². The first-order valence-electron chi connectivity index (χ1n) is 10.8. The van der Waals surface area contributed by atoms with E-state index in [4.69, 9.17) is 9.47 Å². The van der Waals surface area contributed by atoms with E-state index >= 15 is 0 Å². The zero-order valence-electron chi connectivity index (χ0n) is 18.1. The van der Waals surface area contributed by atoms with Crippen molar-refractivity contribution in [1.29, 1.82) is 0 Å². The summed E-state index contributed by atoms with van der Waals surface area (Å²) in [7, 11) is 0. The highest BCUT2D eigenvalue weighted by Gasteiger charge is 2.40. The minimum atomic E-state index is -4.56. The second-order valence-electron chi connectivity index (χ2n) is 8.31. The SMILES string of the molecule is Cc1c(O[C@H]2CC[C@H](OC3CCN(C(=O)O[C@H](C)C(F)(F)F)CC3)CC2)ccc(Br)[n+]1[O-]. The van der Waals surface area contributed by atoms with Gasteiger partial charge in [-0.15, -0.1) is 0 Å². The first-order chi connectivity index (χ1) is 15.0. The molecule has 2 heterocycles. The molecule has 1 aromatic rings. The summed E-state index contributed by atoms with van der Waals surface area (Å²) >= 11 is 3.19. The molecule has 32 heavy (non-hydrogen) atoms. The minimum absolute atomic E-state index is 0.0157. The van der Waals surface area contributed by atoms with Crippen molar-refractivity contribution in [3.8, 4) is 5.75 Å². The fraction of sp³-hybridized carbons (Fsp3) is 0.714. The zero-order chi connectivity index (χ0) is 23.5. The molecule has 7 nitrogen and oxygen atoms in total. The molecule has 1 aliphatic carbocycles. The predicted molar refractivity (Wildman–Crippen MR) is 112 cm³/mol. The largest absolute Gasteiger partial charge is 0.618 e. The maximum absolute atomic E-state index is 12.6. The van der Waals surface area contributed by atoms with Gasteiger partial charge in [0.05, 0.1) is 18.3 Å². The summed E-state index contributed by atoms with van der Waals surface area (Å²) in [6.45, 7) is 3.16. The summed E-state index contributed by atoms with van der Waals surface area (Å²) in [5, 5.41) is 12.0. The van der Waals surface area contributed by atoms with Crippen LogP contribution in [0.15, 0.2) is 16.7 Å². The van der Waals surface area contributed by atoms with Crippen LogP contribution >= 0.6 is 15.9 Å². The number of aromatic nitrogens is 1. The lowest BCUT2D eigenvalue weighted by atomic mass is 9.94. The van der Waals surface area contributed by atoms with Crippen LogP contribution in [0.5, 0.6) is 5.75 Å². The van der Waals surface area contributed by atoms with E-state index in [9.17, 15) is 23.2 Å². The molecule has 0 aromatic carbocycles. The number of halogens is 4. The molecule has 0 bridgehead atoms. The van der Waals surface area contributed by atoms with Crippen LogP contribution in [-0.4, -0.2) is 54.7 Å². The Labute approximate surface area is 193 Å². The number of piperidine rings is 1. The first kappa shape index (κ1) is 24.9. The number of pyridine rings is 1. The van der Waals surface area contributed by atoms with Crippen LogP contribution in [0.2, 0.25) is 0 Å². The van der Waals surface area contributed by atoms with Gasteiger partial charge in [-0.1, -0.05) is 0 Å². The van der Waals surface area contributed by atoms with Crippen molar-refractivity contribution in [3.63, 3.8) is 0 Å². The second-order valence-corrected chi connectivity index (χ2v) is 9.12. The summed E-state index contributed by atoms with van der Waals surface area (Å²) < 4.78 is 55.6. The van der Waals surface area contributed by atoms with Gasteiger partial charge in [-0.3, -0.25) is 0 Å². The van der Waals surface area contributed by atoms with Gasteiger partial charge in [-0.2, -0.15) is 17.9 Å². The Morgan fingerprint density at radius 3 is 2.28 bits per heavy atom. The molecule has 0 radical (unpaired) electrons. The number of likely N-dealkylation sites (tertiary alicyclic amines) is 1. The van der Waals surface area contributed by atoms with E-state index < -0.39 is 18.4 Å². The molecule has 1 atom stereocenters. The fourth-order valence-electron chi connectivity index (χ4n) is 3.92. The number of amides is 1. The van der Waals surface area contributed by atoms with Crippen LogP contribution in [0.4, 0.5) is 18.0 Å². The zero-order valence-corrected chi connectivity index (χ0v) is 19.7. The van der Waals surface area contributed by atoms with Crippen molar-refractivity contribution < 1.29 is 36.9 Å². The van der Waals surface area contributed by atoms with Gasteiger partial charge < -0.3 is 24.3 Å². The van der Waals surface area contributed by atoms with Crippen LogP contribution in [0.1, 0.15) is 51.1 Å². The molecule has 1 saturated carbocycles. The van der Waals surface area contributed by atoms with Gasteiger partial charge in [0.15, 0.2) is 11.9 Å². The van der Waals surface area contributed by atoms with E-state index in [0.717, 1.165) is 37.3 Å². The third-order valence-corrected chi connectivity index (χ3v) is 6.55. The standard InChI is InChI=1S/C21H28BrF3N2O5/c1-13-18(7-8-19(22)27(13)29)32-16-5-3-15(4-6-16)31-17-9-11-26(12-10-17)20(28)30-14(2)21(23,24)25/h7-8,14-17H,3-6,9-12H2,1-2H3/t14-,15-,16-/m1/s1. The van der Waals surface area contributed by atoms with Gasteiger partial charge >= 0.3 is 12.3 Å². The number of hydrogen-bond donors (Lipinski definition) is 0.